The van der Waals surface area contributed by atoms with Gasteiger partial charge in [0, 0.05) is 6.54 Å². The standard InChI is InChI=1S/C24H21BrN2O4/c1-3-27-23(28)20(26-24(27)29)12-16-11-19(25)22(21(13-16)30-2)31-14-15-8-9-17-6-4-5-7-18(17)10-15/h4-13H,3,14H2,1-2H3,(H,26,29)/b20-12+. The van der Waals surface area contributed by atoms with Crippen LogP contribution in [0.15, 0.2) is 64.8 Å². The molecule has 0 spiro atoms. The van der Waals surface area contributed by atoms with E-state index in [0.29, 0.717) is 34.7 Å². The first-order valence-electron chi connectivity index (χ1n) is 9.82. The number of benzene rings is 3. The molecule has 1 saturated heterocycles. The fraction of sp³-hybridized carbons (Fsp3) is 0.167. The molecule has 158 valence electrons. The second-order valence-corrected chi connectivity index (χ2v) is 7.90. The maximum absolute atomic E-state index is 12.3. The lowest BCUT2D eigenvalue weighted by Gasteiger charge is -2.14. The van der Waals surface area contributed by atoms with Gasteiger partial charge in [0.15, 0.2) is 11.5 Å². The molecule has 1 aliphatic rings. The highest BCUT2D eigenvalue weighted by Gasteiger charge is 2.32. The van der Waals surface area contributed by atoms with Crippen molar-refractivity contribution >= 4 is 44.7 Å². The lowest BCUT2D eigenvalue weighted by atomic mass is 10.1. The molecule has 0 saturated carbocycles. The molecule has 3 amide bonds. The van der Waals surface area contributed by atoms with Crippen LogP contribution in [0.5, 0.6) is 11.5 Å². The van der Waals surface area contributed by atoms with Crippen molar-refractivity contribution in [3.63, 3.8) is 0 Å². The van der Waals surface area contributed by atoms with E-state index in [4.69, 9.17) is 9.47 Å². The number of amides is 3. The third-order valence-electron chi connectivity index (χ3n) is 5.04. The van der Waals surface area contributed by atoms with Gasteiger partial charge in [-0.15, -0.1) is 0 Å². The minimum Gasteiger partial charge on any atom is -0.493 e. The Hall–Kier alpha value is -3.32. The molecule has 0 radical (unpaired) electrons. The summed E-state index contributed by atoms with van der Waals surface area (Å²) in [7, 11) is 1.56. The summed E-state index contributed by atoms with van der Waals surface area (Å²) in [6, 6.07) is 17.5. The summed E-state index contributed by atoms with van der Waals surface area (Å²) < 4.78 is 12.3. The van der Waals surface area contributed by atoms with Gasteiger partial charge in [0.25, 0.3) is 5.91 Å². The zero-order chi connectivity index (χ0) is 22.0. The lowest BCUT2D eigenvalue weighted by molar-refractivity contribution is -0.122. The molecule has 1 heterocycles. The van der Waals surface area contributed by atoms with Gasteiger partial charge >= 0.3 is 6.03 Å². The molecule has 1 fully saturated rings. The number of ether oxygens (including phenoxy) is 2. The Morgan fingerprint density at radius 3 is 2.55 bits per heavy atom. The summed E-state index contributed by atoms with van der Waals surface area (Å²) in [4.78, 5) is 25.3. The summed E-state index contributed by atoms with van der Waals surface area (Å²) in [6.45, 7) is 2.44. The largest absolute Gasteiger partial charge is 0.493 e. The molecular weight excluding hydrogens is 460 g/mol. The van der Waals surface area contributed by atoms with Crippen molar-refractivity contribution in [2.24, 2.45) is 0 Å². The molecular formula is C24H21BrN2O4. The third-order valence-corrected chi connectivity index (χ3v) is 5.63. The SMILES string of the molecule is CCN1C(=O)N/C(=C/c2cc(Br)c(OCc3ccc4ccccc4c3)c(OC)c2)C1=O. The molecule has 1 N–H and O–H groups in total. The molecule has 6 nitrogen and oxygen atoms in total. The van der Waals surface area contributed by atoms with Gasteiger partial charge in [-0.2, -0.15) is 0 Å². The Morgan fingerprint density at radius 1 is 1.06 bits per heavy atom. The van der Waals surface area contributed by atoms with Crippen LogP contribution < -0.4 is 14.8 Å². The zero-order valence-corrected chi connectivity index (χ0v) is 18.7. The van der Waals surface area contributed by atoms with Crippen LogP contribution in [0, 0.1) is 0 Å². The van der Waals surface area contributed by atoms with E-state index in [0.717, 1.165) is 15.8 Å². The first-order chi connectivity index (χ1) is 15.0. The van der Waals surface area contributed by atoms with E-state index >= 15 is 0 Å². The Labute approximate surface area is 188 Å². The van der Waals surface area contributed by atoms with Crippen LogP contribution in [0.25, 0.3) is 16.8 Å². The van der Waals surface area contributed by atoms with Gasteiger partial charge < -0.3 is 14.8 Å². The highest BCUT2D eigenvalue weighted by molar-refractivity contribution is 9.10. The zero-order valence-electron chi connectivity index (χ0n) is 17.1. The van der Waals surface area contributed by atoms with Crippen LogP contribution in [-0.2, 0) is 11.4 Å². The van der Waals surface area contributed by atoms with Gasteiger partial charge in [-0.1, -0.05) is 36.4 Å². The third kappa shape index (κ3) is 4.27. The van der Waals surface area contributed by atoms with Gasteiger partial charge in [0.05, 0.1) is 11.6 Å². The fourth-order valence-electron chi connectivity index (χ4n) is 3.47. The van der Waals surface area contributed by atoms with E-state index in [1.807, 2.05) is 24.3 Å². The van der Waals surface area contributed by atoms with E-state index in [1.54, 1.807) is 26.2 Å². The summed E-state index contributed by atoms with van der Waals surface area (Å²) >= 11 is 3.54. The van der Waals surface area contributed by atoms with Crippen molar-refractivity contribution in [2.75, 3.05) is 13.7 Å². The van der Waals surface area contributed by atoms with E-state index in [2.05, 4.69) is 45.5 Å². The van der Waals surface area contributed by atoms with Gasteiger partial charge in [0.2, 0.25) is 0 Å². The lowest BCUT2D eigenvalue weighted by Crippen LogP contribution is -2.30. The monoisotopic (exact) mass is 480 g/mol. The number of likely N-dealkylation sites (N-methyl/N-ethyl adjacent to an activating group) is 1. The van der Waals surface area contributed by atoms with E-state index < -0.39 is 6.03 Å². The summed E-state index contributed by atoms with van der Waals surface area (Å²) in [5.41, 5.74) is 1.96. The van der Waals surface area contributed by atoms with Crippen molar-refractivity contribution < 1.29 is 19.1 Å². The van der Waals surface area contributed by atoms with Crippen molar-refractivity contribution in [3.05, 3.63) is 75.9 Å². The van der Waals surface area contributed by atoms with E-state index in [-0.39, 0.29) is 11.6 Å². The summed E-state index contributed by atoms with van der Waals surface area (Å²) in [6.07, 6.45) is 1.62. The number of nitrogens with zero attached hydrogens (tertiary/aromatic N) is 1. The molecule has 0 aromatic heterocycles. The maximum atomic E-state index is 12.3. The predicted octanol–water partition coefficient (Wildman–Crippen LogP) is 5.10. The number of hydrogen-bond acceptors (Lipinski definition) is 4. The Bertz CT molecular complexity index is 1210. The second kappa shape index (κ2) is 8.81. The molecule has 0 aliphatic carbocycles. The molecule has 0 atom stereocenters. The van der Waals surface area contributed by atoms with Gasteiger partial charge in [-0.05, 0) is 69.0 Å². The number of nitrogens with one attached hydrogen (secondary N) is 1. The van der Waals surface area contributed by atoms with E-state index in [1.165, 1.54) is 5.39 Å². The minimum atomic E-state index is -0.417. The fourth-order valence-corrected chi connectivity index (χ4v) is 4.05. The first-order valence-corrected chi connectivity index (χ1v) is 10.6. The number of rotatable bonds is 6. The molecule has 4 rings (SSSR count). The average molecular weight is 481 g/mol. The van der Waals surface area contributed by atoms with Crippen LogP contribution in [0.1, 0.15) is 18.1 Å². The van der Waals surface area contributed by atoms with Gasteiger partial charge in [0.1, 0.15) is 12.3 Å². The number of carbonyl (C=O) groups is 2. The van der Waals surface area contributed by atoms with Crippen LogP contribution in [-0.4, -0.2) is 30.5 Å². The maximum Gasteiger partial charge on any atom is 0.328 e. The Balaban J connectivity index is 1.57. The number of urea groups is 1. The second-order valence-electron chi connectivity index (χ2n) is 7.04. The molecule has 0 unspecified atom stereocenters. The summed E-state index contributed by atoms with van der Waals surface area (Å²) in [5, 5.41) is 4.93. The van der Waals surface area contributed by atoms with Crippen molar-refractivity contribution in [1.82, 2.24) is 10.2 Å². The van der Waals surface area contributed by atoms with Gasteiger partial charge in [-0.3, -0.25) is 9.69 Å². The number of methoxy groups -OCH3 is 1. The van der Waals surface area contributed by atoms with Crippen LogP contribution >= 0.6 is 15.9 Å². The number of hydrogen-bond donors (Lipinski definition) is 1. The molecule has 0 bridgehead atoms. The number of imide groups is 1. The minimum absolute atomic E-state index is 0.227. The molecule has 31 heavy (non-hydrogen) atoms. The number of fused-ring (bicyclic) bond motifs is 1. The Kier molecular flexibility index (Phi) is 5.95. The van der Waals surface area contributed by atoms with Crippen LogP contribution in [0.4, 0.5) is 4.79 Å². The smallest absolute Gasteiger partial charge is 0.328 e. The molecule has 1 aliphatic heterocycles. The average Bonchev–Trinajstić information content (AvgIpc) is 3.04. The van der Waals surface area contributed by atoms with Crippen molar-refractivity contribution in [2.45, 2.75) is 13.5 Å². The molecule has 3 aromatic carbocycles. The molecule has 3 aromatic rings. The Morgan fingerprint density at radius 2 is 1.84 bits per heavy atom. The number of halogens is 1. The number of carbonyl (C=O) groups excluding carboxylic acids is 2. The van der Waals surface area contributed by atoms with E-state index in [9.17, 15) is 9.59 Å². The van der Waals surface area contributed by atoms with Crippen molar-refractivity contribution in [3.8, 4) is 11.5 Å². The topological polar surface area (TPSA) is 67.9 Å². The van der Waals surface area contributed by atoms with Crippen LogP contribution in [0.2, 0.25) is 0 Å². The van der Waals surface area contributed by atoms with Gasteiger partial charge in [-0.25, -0.2) is 4.79 Å². The highest BCUT2D eigenvalue weighted by atomic mass is 79.9. The predicted molar refractivity (Wildman–Crippen MR) is 123 cm³/mol. The van der Waals surface area contributed by atoms with Crippen molar-refractivity contribution in [1.29, 1.82) is 0 Å². The first kappa shape index (κ1) is 20.9. The quantitative estimate of drug-likeness (QED) is 0.393. The molecule has 7 heteroatoms. The highest BCUT2D eigenvalue weighted by Crippen LogP contribution is 2.38. The van der Waals surface area contributed by atoms with Crippen LogP contribution in [0.3, 0.4) is 0 Å². The summed E-state index contributed by atoms with van der Waals surface area (Å²) in [5.74, 6) is 0.736. The normalized spacial score (nSPS) is 14.9.